The van der Waals surface area contributed by atoms with Gasteiger partial charge in [0, 0.05) is 11.9 Å². The minimum absolute atomic E-state index is 0.0565. The molecule has 0 aliphatic carbocycles. The first kappa shape index (κ1) is 12.1. The fraction of sp³-hybridized carbons (Fsp3) is 0.429. The fourth-order valence-electron chi connectivity index (χ4n) is 2.08. The van der Waals surface area contributed by atoms with E-state index in [4.69, 9.17) is 10.2 Å². The molecule has 0 radical (unpaired) electrons. The van der Waals surface area contributed by atoms with Gasteiger partial charge in [0.25, 0.3) is 0 Å². The van der Waals surface area contributed by atoms with Crippen LogP contribution in [0.2, 0.25) is 0 Å². The Kier molecular flexibility index (Phi) is 3.82. The Bertz CT molecular complexity index is 445. The Morgan fingerprint density at radius 3 is 2.82 bits per heavy atom. The lowest BCUT2D eigenvalue weighted by Crippen LogP contribution is -2.29. The lowest BCUT2D eigenvalue weighted by Gasteiger charge is -2.18. The predicted octanol–water partition coefficient (Wildman–Crippen LogP) is 2.77. The van der Waals surface area contributed by atoms with E-state index in [0.29, 0.717) is 0 Å². The number of fused-ring (bicyclic) bond motifs is 1. The molecule has 1 unspecified atom stereocenters. The van der Waals surface area contributed by atoms with E-state index in [1.807, 2.05) is 30.3 Å². The van der Waals surface area contributed by atoms with E-state index >= 15 is 0 Å². The van der Waals surface area contributed by atoms with E-state index in [9.17, 15) is 0 Å². The number of para-hydroxylation sites is 1. The zero-order chi connectivity index (χ0) is 12.3. The Hall–Kier alpha value is -1.32. The largest absolute Gasteiger partial charge is 0.459 e. The Labute approximate surface area is 102 Å². The van der Waals surface area contributed by atoms with E-state index in [1.54, 1.807) is 0 Å². The molecule has 1 atom stereocenters. The van der Waals surface area contributed by atoms with Gasteiger partial charge in [0.05, 0.1) is 6.04 Å². The van der Waals surface area contributed by atoms with Crippen molar-refractivity contribution in [3.05, 3.63) is 36.1 Å². The minimum atomic E-state index is -0.0565. The maximum Gasteiger partial charge on any atom is 0.134 e. The van der Waals surface area contributed by atoms with Gasteiger partial charge in [0.2, 0.25) is 0 Å². The predicted molar refractivity (Wildman–Crippen MR) is 70.9 cm³/mol. The van der Waals surface area contributed by atoms with E-state index in [-0.39, 0.29) is 6.04 Å². The van der Waals surface area contributed by atoms with Crippen LogP contribution in [-0.4, -0.2) is 25.0 Å². The van der Waals surface area contributed by atoms with Crippen LogP contribution in [0.25, 0.3) is 11.0 Å². The molecule has 0 amide bonds. The first-order valence-electron chi connectivity index (χ1n) is 6.13. The molecule has 2 aromatic rings. The van der Waals surface area contributed by atoms with Crippen molar-refractivity contribution in [2.45, 2.75) is 19.4 Å². The summed E-state index contributed by atoms with van der Waals surface area (Å²) in [6, 6.07) is 9.99. The van der Waals surface area contributed by atoms with E-state index in [2.05, 4.69) is 18.9 Å². The quantitative estimate of drug-likeness (QED) is 0.862. The third-order valence-electron chi connectivity index (χ3n) is 2.92. The average Bonchev–Trinajstić information content (AvgIpc) is 2.72. The molecule has 1 heterocycles. The van der Waals surface area contributed by atoms with Crippen molar-refractivity contribution in [2.75, 3.05) is 20.1 Å². The highest BCUT2D eigenvalue weighted by Gasteiger charge is 2.13. The summed E-state index contributed by atoms with van der Waals surface area (Å²) in [6.45, 7) is 4.06. The highest BCUT2D eigenvalue weighted by atomic mass is 16.3. The fourth-order valence-corrected chi connectivity index (χ4v) is 2.08. The van der Waals surface area contributed by atoms with Gasteiger partial charge in [0.15, 0.2) is 0 Å². The Morgan fingerprint density at radius 1 is 1.35 bits per heavy atom. The molecule has 3 heteroatoms. The van der Waals surface area contributed by atoms with Crippen LogP contribution in [0, 0.1) is 0 Å². The number of rotatable bonds is 5. The first-order chi connectivity index (χ1) is 8.20. The maximum atomic E-state index is 6.15. The van der Waals surface area contributed by atoms with Gasteiger partial charge in [-0.2, -0.15) is 0 Å². The second-order valence-electron chi connectivity index (χ2n) is 4.56. The van der Waals surface area contributed by atoms with Crippen LogP contribution in [0.3, 0.4) is 0 Å². The minimum Gasteiger partial charge on any atom is -0.459 e. The molecule has 2 N–H and O–H groups in total. The van der Waals surface area contributed by atoms with Crippen LogP contribution >= 0.6 is 0 Å². The van der Waals surface area contributed by atoms with Crippen LogP contribution in [0.5, 0.6) is 0 Å². The Morgan fingerprint density at radius 2 is 2.12 bits per heavy atom. The van der Waals surface area contributed by atoms with Crippen LogP contribution in [0.15, 0.2) is 34.7 Å². The van der Waals surface area contributed by atoms with Crippen molar-refractivity contribution >= 4 is 11.0 Å². The summed E-state index contributed by atoms with van der Waals surface area (Å²) in [6.07, 6.45) is 1.14. The molecule has 3 nitrogen and oxygen atoms in total. The second kappa shape index (κ2) is 5.34. The molecule has 0 spiro atoms. The normalized spacial score (nSPS) is 13.4. The molecule has 1 aromatic heterocycles. The van der Waals surface area contributed by atoms with Gasteiger partial charge in [0.1, 0.15) is 11.3 Å². The summed E-state index contributed by atoms with van der Waals surface area (Å²) < 4.78 is 5.76. The second-order valence-corrected chi connectivity index (χ2v) is 4.56. The van der Waals surface area contributed by atoms with Gasteiger partial charge in [-0.15, -0.1) is 0 Å². The highest BCUT2D eigenvalue weighted by Crippen LogP contribution is 2.22. The zero-order valence-corrected chi connectivity index (χ0v) is 10.5. The molecule has 0 aliphatic heterocycles. The number of hydrogen-bond donors (Lipinski definition) is 1. The lowest BCUT2D eigenvalue weighted by molar-refractivity contribution is 0.298. The number of benzene rings is 1. The van der Waals surface area contributed by atoms with Gasteiger partial charge in [-0.25, -0.2) is 0 Å². The van der Waals surface area contributed by atoms with Gasteiger partial charge in [-0.3, -0.25) is 0 Å². The molecule has 0 saturated carbocycles. The summed E-state index contributed by atoms with van der Waals surface area (Å²) >= 11 is 0. The van der Waals surface area contributed by atoms with Crippen molar-refractivity contribution in [1.29, 1.82) is 0 Å². The zero-order valence-electron chi connectivity index (χ0n) is 10.5. The molecule has 17 heavy (non-hydrogen) atoms. The molecule has 92 valence electrons. The Balaban J connectivity index is 2.10. The standard InChI is InChI=1S/C14H20N2O/c1-3-8-16(2)10-12(15)14-9-11-6-4-5-7-13(11)17-14/h4-7,9,12H,3,8,10,15H2,1-2H3. The van der Waals surface area contributed by atoms with Crippen molar-refractivity contribution in [2.24, 2.45) is 5.73 Å². The summed E-state index contributed by atoms with van der Waals surface area (Å²) in [5.41, 5.74) is 7.07. The van der Waals surface area contributed by atoms with Gasteiger partial charge >= 0.3 is 0 Å². The summed E-state index contributed by atoms with van der Waals surface area (Å²) in [7, 11) is 2.09. The molecule has 1 aromatic carbocycles. The summed E-state index contributed by atoms with van der Waals surface area (Å²) in [5.74, 6) is 0.870. The number of hydrogen-bond acceptors (Lipinski definition) is 3. The molecule has 0 bridgehead atoms. The third-order valence-corrected chi connectivity index (χ3v) is 2.92. The highest BCUT2D eigenvalue weighted by molar-refractivity contribution is 5.77. The number of nitrogens with two attached hydrogens (primary N) is 1. The van der Waals surface area contributed by atoms with Crippen LogP contribution in [0.4, 0.5) is 0 Å². The van der Waals surface area contributed by atoms with Crippen molar-refractivity contribution in [3.63, 3.8) is 0 Å². The molecular formula is C14H20N2O. The number of nitrogens with zero attached hydrogens (tertiary/aromatic N) is 1. The van der Waals surface area contributed by atoms with E-state index in [0.717, 1.165) is 36.2 Å². The molecular weight excluding hydrogens is 212 g/mol. The maximum absolute atomic E-state index is 6.15. The molecule has 0 saturated heterocycles. The molecule has 2 rings (SSSR count). The van der Waals surface area contributed by atoms with E-state index in [1.165, 1.54) is 0 Å². The molecule has 0 aliphatic rings. The lowest BCUT2D eigenvalue weighted by atomic mass is 10.2. The van der Waals surface area contributed by atoms with Crippen molar-refractivity contribution in [1.82, 2.24) is 4.90 Å². The summed E-state index contributed by atoms with van der Waals surface area (Å²) in [4.78, 5) is 2.23. The summed E-state index contributed by atoms with van der Waals surface area (Å²) in [5, 5.41) is 1.12. The van der Waals surface area contributed by atoms with E-state index < -0.39 is 0 Å². The smallest absolute Gasteiger partial charge is 0.134 e. The number of furan rings is 1. The first-order valence-corrected chi connectivity index (χ1v) is 6.13. The van der Waals surface area contributed by atoms with Gasteiger partial charge in [-0.1, -0.05) is 25.1 Å². The van der Waals surface area contributed by atoms with Gasteiger partial charge in [-0.05, 0) is 32.1 Å². The average molecular weight is 232 g/mol. The van der Waals surface area contributed by atoms with Crippen molar-refractivity contribution < 1.29 is 4.42 Å². The van der Waals surface area contributed by atoms with Gasteiger partial charge < -0.3 is 15.1 Å². The van der Waals surface area contributed by atoms with Crippen LogP contribution in [0.1, 0.15) is 25.1 Å². The molecule has 0 fully saturated rings. The third kappa shape index (κ3) is 2.87. The topological polar surface area (TPSA) is 42.4 Å². The monoisotopic (exact) mass is 232 g/mol. The number of likely N-dealkylation sites (N-methyl/N-ethyl adjacent to an activating group) is 1. The van der Waals surface area contributed by atoms with Crippen LogP contribution in [-0.2, 0) is 0 Å². The van der Waals surface area contributed by atoms with Crippen molar-refractivity contribution in [3.8, 4) is 0 Å². The van der Waals surface area contributed by atoms with Crippen LogP contribution < -0.4 is 5.73 Å². The SMILES string of the molecule is CCCN(C)CC(N)c1cc2ccccc2o1.